The predicted molar refractivity (Wildman–Crippen MR) is 81.3 cm³/mol. The molecule has 0 heterocycles. The lowest BCUT2D eigenvalue weighted by Gasteiger charge is -2.19. The van der Waals surface area contributed by atoms with Crippen LogP contribution in [0.15, 0.2) is 40.9 Å². The van der Waals surface area contributed by atoms with E-state index in [0.29, 0.717) is 0 Å². The minimum atomic E-state index is -0.529. The van der Waals surface area contributed by atoms with Crippen molar-refractivity contribution in [2.24, 2.45) is 0 Å². The zero-order chi connectivity index (χ0) is 15.6. The molecule has 0 bridgehead atoms. The van der Waals surface area contributed by atoms with Gasteiger partial charge in [-0.3, -0.25) is 4.79 Å². The number of amides is 1. The summed E-state index contributed by atoms with van der Waals surface area (Å²) >= 11 is 8.97. The molecule has 0 saturated carbocycles. The standard InChI is InChI=1S/C15H11BrClF2NO/c1-20(8-10-11(17)5-3-6-12(10)18)15(21)9-4-2-7-13(19)14(9)16/h2-7H,8H2,1H3. The van der Waals surface area contributed by atoms with Gasteiger partial charge in [-0.05, 0) is 40.2 Å². The molecule has 2 rings (SSSR count). The number of hydrogen-bond donors (Lipinski definition) is 0. The van der Waals surface area contributed by atoms with Crippen LogP contribution in [-0.2, 0) is 6.54 Å². The van der Waals surface area contributed by atoms with Crippen molar-refractivity contribution < 1.29 is 13.6 Å². The van der Waals surface area contributed by atoms with Crippen molar-refractivity contribution in [2.75, 3.05) is 7.05 Å². The summed E-state index contributed by atoms with van der Waals surface area (Å²) in [6, 6.07) is 8.50. The fourth-order valence-corrected chi connectivity index (χ4v) is 2.52. The van der Waals surface area contributed by atoms with Gasteiger partial charge in [0.25, 0.3) is 5.91 Å². The van der Waals surface area contributed by atoms with Gasteiger partial charge in [-0.25, -0.2) is 8.78 Å². The van der Waals surface area contributed by atoms with Crippen LogP contribution in [0.25, 0.3) is 0 Å². The lowest BCUT2D eigenvalue weighted by atomic mass is 10.1. The van der Waals surface area contributed by atoms with E-state index < -0.39 is 17.5 Å². The van der Waals surface area contributed by atoms with Crippen molar-refractivity contribution in [1.29, 1.82) is 0 Å². The zero-order valence-electron chi connectivity index (χ0n) is 11.0. The monoisotopic (exact) mass is 373 g/mol. The quantitative estimate of drug-likeness (QED) is 0.765. The Balaban J connectivity index is 2.26. The molecule has 0 atom stereocenters. The Kier molecular flexibility index (Phi) is 4.96. The smallest absolute Gasteiger partial charge is 0.255 e. The molecule has 0 aliphatic rings. The van der Waals surface area contributed by atoms with Crippen LogP contribution in [0.4, 0.5) is 8.78 Å². The molecule has 1 amide bonds. The van der Waals surface area contributed by atoms with Gasteiger partial charge in [0.1, 0.15) is 11.6 Å². The van der Waals surface area contributed by atoms with Crippen molar-refractivity contribution in [3.05, 3.63) is 68.7 Å². The number of rotatable bonds is 3. The molecule has 0 aliphatic carbocycles. The first-order valence-electron chi connectivity index (χ1n) is 6.04. The average Bonchev–Trinajstić information content (AvgIpc) is 2.45. The Morgan fingerprint density at radius 1 is 1.19 bits per heavy atom. The Hall–Kier alpha value is -1.46. The van der Waals surface area contributed by atoms with Gasteiger partial charge in [0.15, 0.2) is 0 Å². The molecule has 0 radical (unpaired) electrons. The highest BCUT2D eigenvalue weighted by Crippen LogP contribution is 2.24. The highest BCUT2D eigenvalue weighted by molar-refractivity contribution is 9.10. The van der Waals surface area contributed by atoms with E-state index in [1.54, 1.807) is 6.07 Å². The third-order valence-electron chi connectivity index (χ3n) is 2.99. The SMILES string of the molecule is CN(Cc1c(F)cccc1Cl)C(=O)c1cccc(F)c1Br. The Morgan fingerprint density at radius 3 is 2.48 bits per heavy atom. The molecular formula is C15H11BrClF2NO. The first-order chi connectivity index (χ1) is 9.91. The van der Waals surface area contributed by atoms with E-state index in [-0.39, 0.29) is 27.2 Å². The van der Waals surface area contributed by atoms with Crippen LogP contribution in [0, 0.1) is 11.6 Å². The van der Waals surface area contributed by atoms with Gasteiger partial charge >= 0.3 is 0 Å². The van der Waals surface area contributed by atoms with Gasteiger partial charge in [-0.1, -0.05) is 23.7 Å². The second-order valence-corrected chi connectivity index (χ2v) is 5.66. The summed E-state index contributed by atoms with van der Waals surface area (Å²) in [5, 5.41) is 0.243. The number of halogens is 4. The fraction of sp³-hybridized carbons (Fsp3) is 0.133. The minimum absolute atomic E-state index is 0.00665. The van der Waals surface area contributed by atoms with Crippen LogP contribution in [0.2, 0.25) is 5.02 Å². The first-order valence-corrected chi connectivity index (χ1v) is 7.21. The maximum absolute atomic E-state index is 13.7. The molecule has 0 spiro atoms. The summed E-state index contributed by atoms with van der Waals surface area (Å²) < 4.78 is 27.3. The average molecular weight is 375 g/mol. The molecule has 6 heteroatoms. The molecule has 0 fully saturated rings. The molecule has 2 aromatic carbocycles. The minimum Gasteiger partial charge on any atom is -0.337 e. The topological polar surface area (TPSA) is 20.3 Å². The second kappa shape index (κ2) is 6.54. The predicted octanol–water partition coefficient (Wildman–Crippen LogP) is 4.65. The summed E-state index contributed by atoms with van der Waals surface area (Å²) in [5.41, 5.74) is 0.396. The number of nitrogens with zero attached hydrogens (tertiary/aromatic N) is 1. The summed E-state index contributed by atoms with van der Waals surface area (Å²) in [6.07, 6.45) is 0. The van der Waals surface area contributed by atoms with E-state index >= 15 is 0 Å². The van der Waals surface area contributed by atoms with Crippen molar-refractivity contribution in [3.8, 4) is 0 Å². The van der Waals surface area contributed by atoms with Crippen LogP contribution in [0.1, 0.15) is 15.9 Å². The third-order valence-corrected chi connectivity index (χ3v) is 4.15. The number of carbonyl (C=O) groups is 1. The number of hydrogen-bond acceptors (Lipinski definition) is 1. The van der Waals surface area contributed by atoms with Crippen LogP contribution in [0.3, 0.4) is 0 Å². The summed E-state index contributed by atoms with van der Waals surface area (Å²) in [7, 11) is 1.50. The molecule has 21 heavy (non-hydrogen) atoms. The lowest BCUT2D eigenvalue weighted by molar-refractivity contribution is 0.0782. The number of carbonyl (C=O) groups excluding carboxylic acids is 1. The largest absolute Gasteiger partial charge is 0.337 e. The van der Waals surface area contributed by atoms with Gasteiger partial charge < -0.3 is 4.90 Å². The molecule has 110 valence electrons. The molecule has 0 unspecified atom stereocenters. The number of benzene rings is 2. The highest BCUT2D eigenvalue weighted by Gasteiger charge is 2.19. The van der Waals surface area contributed by atoms with E-state index in [2.05, 4.69) is 15.9 Å². The molecule has 0 saturated heterocycles. The van der Waals surface area contributed by atoms with Crippen molar-refractivity contribution in [2.45, 2.75) is 6.54 Å². The van der Waals surface area contributed by atoms with Crippen LogP contribution in [-0.4, -0.2) is 17.9 Å². The lowest BCUT2D eigenvalue weighted by Crippen LogP contribution is -2.27. The molecule has 0 aromatic heterocycles. The maximum atomic E-state index is 13.7. The summed E-state index contributed by atoms with van der Waals surface area (Å²) in [5.74, 6) is -1.45. The Morgan fingerprint density at radius 2 is 1.81 bits per heavy atom. The Labute approximate surface area is 134 Å². The van der Waals surface area contributed by atoms with E-state index in [4.69, 9.17) is 11.6 Å². The van der Waals surface area contributed by atoms with Gasteiger partial charge in [0.05, 0.1) is 10.0 Å². The van der Waals surface area contributed by atoms with E-state index in [1.165, 1.54) is 42.3 Å². The van der Waals surface area contributed by atoms with Gasteiger partial charge in [0, 0.05) is 24.2 Å². The van der Waals surface area contributed by atoms with Crippen molar-refractivity contribution in [3.63, 3.8) is 0 Å². The fourth-order valence-electron chi connectivity index (χ4n) is 1.87. The van der Waals surface area contributed by atoms with Gasteiger partial charge in [-0.15, -0.1) is 0 Å². The van der Waals surface area contributed by atoms with Gasteiger partial charge in [-0.2, -0.15) is 0 Å². The zero-order valence-corrected chi connectivity index (χ0v) is 13.4. The second-order valence-electron chi connectivity index (χ2n) is 4.46. The van der Waals surface area contributed by atoms with Gasteiger partial charge in [0.2, 0.25) is 0 Å². The summed E-state index contributed by atoms with van der Waals surface area (Å²) in [4.78, 5) is 13.6. The molecule has 0 aliphatic heterocycles. The highest BCUT2D eigenvalue weighted by atomic mass is 79.9. The third kappa shape index (κ3) is 3.41. The molecule has 0 N–H and O–H groups in total. The maximum Gasteiger partial charge on any atom is 0.255 e. The van der Waals surface area contributed by atoms with Crippen LogP contribution >= 0.6 is 27.5 Å². The molecule has 2 nitrogen and oxygen atoms in total. The summed E-state index contributed by atoms with van der Waals surface area (Å²) in [6.45, 7) is -0.00665. The first kappa shape index (κ1) is 15.9. The van der Waals surface area contributed by atoms with E-state index in [1.807, 2.05) is 0 Å². The normalized spacial score (nSPS) is 10.5. The van der Waals surface area contributed by atoms with Crippen molar-refractivity contribution >= 4 is 33.4 Å². The Bertz CT molecular complexity index is 673. The molecule has 2 aromatic rings. The van der Waals surface area contributed by atoms with Crippen molar-refractivity contribution in [1.82, 2.24) is 4.90 Å². The molecular weight excluding hydrogens is 364 g/mol. The van der Waals surface area contributed by atoms with Crippen LogP contribution < -0.4 is 0 Å². The van der Waals surface area contributed by atoms with E-state index in [9.17, 15) is 13.6 Å². The van der Waals surface area contributed by atoms with E-state index in [0.717, 1.165) is 0 Å². The van der Waals surface area contributed by atoms with Crippen LogP contribution in [0.5, 0.6) is 0 Å².